The Morgan fingerprint density at radius 1 is 1.04 bits per heavy atom. The molecule has 0 N–H and O–H groups in total. The quantitative estimate of drug-likeness (QED) is 0.865. The Morgan fingerprint density at radius 3 is 2.71 bits per heavy atom. The Labute approximate surface area is 143 Å². The lowest BCUT2D eigenvalue weighted by atomic mass is 10.1. The van der Waals surface area contributed by atoms with Crippen LogP contribution in [-0.4, -0.2) is 47.7 Å². The molecule has 0 spiro atoms. The summed E-state index contributed by atoms with van der Waals surface area (Å²) in [4.78, 5) is 14.3. The fourth-order valence-electron chi connectivity index (χ4n) is 3.65. The largest absolute Gasteiger partial charge is 0.379 e. The van der Waals surface area contributed by atoms with E-state index in [-0.39, 0.29) is 0 Å². The lowest BCUT2D eigenvalue weighted by molar-refractivity contribution is 0.0335. The SMILES string of the molecule is c1ccc(N2CCCC2c2cncc(CN3CCOCC3)n2)cc1. The van der Waals surface area contributed by atoms with Crippen molar-refractivity contribution in [1.82, 2.24) is 14.9 Å². The number of ether oxygens (including phenoxy) is 1. The van der Waals surface area contributed by atoms with Gasteiger partial charge in [-0.05, 0) is 25.0 Å². The van der Waals surface area contributed by atoms with Crippen LogP contribution in [0.1, 0.15) is 30.3 Å². The highest BCUT2D eigenvalue weighted by Crippen LogP contribution is 2.34. The molecule has 1 aromatic heterocycles. The zero-order chi connectivity index (χ0) is 16.2. The first-order chi connectivity index (χ1) is 11.9. The van der Waals surface area contributed by atoms with E-state index in [1.54, 1.807) is 0 Å². The third kappa shape index (κ3) is 3.42. The molecule has 126 valence electrons. The Hall–Kier alpha value is -1.98. The molecule has 1 unspecified atom stereocenters. The summed E-state index contributed by atoms with van der Waals surface area (Å²) in [6.45, 7) is 5.54. The molecule has 5 nitrogen and oxygen atoms in total. The van der Waals surface area contributed by atoms with Crippen molar-refractivity contribution in [2.24, 2.45) is 0 Å². The van der Waals surface area contributed by atoms with Crippen LogP contribution in [0.5, 0.6) is 0 Å². The van der Waals surface area contributed by atoms with Crippen molar-refractivity contribution in [1.29, 1.82) is 0 Å². The fourth-order valence-corrected chi connectivity index (χ4v) is 3.65. The number of para-hydroxylation sites is 1. The number of nitrogens with zero attached hydrogens (tertiary/aromatic N) is 4. The molecule has 3 heterocycles. The van der Waals surface area contributed by atoms with Gasteiger partial charge in [0.15, 0.2) is 0 Å². The van der Waals surface area contributed by atoms with Gasteiger partial charge in [-0.2, -0.15) is 0 Å². The van der Waals surface area contributed by atoms with E-state index in [0.29, 0.717) is 6.04 Å². The number of anilines is 1. The van der Waals surface area contributed by atoms with Crippen LogP contribution in [0.2, 0.25) is 0 Å². The molecule has 0 bridgehead atoms. The second kappa shape index (κ2) is 7.28. The molecule has 2 fully saturated rings. The first-order valence-electron chi connectivity index (χ1n) is 8.83. The zero-order valence-electron chi connectivity index (χ0n) is 14.0. The summed E-state index contributed by atoms with van der Waals surface area (Å²) in [7, 11) is 0. The molecule has 2 saturated heterocycles. The van der Waals surface area contributed by atoms with Gasteiger partial charge in [-0.25, -0.2) is 0 Å². The normalized spacial score (nSPS) is 22.0. The first kappa shape index (κ1) is 15.5. The van der Waals surface area contributed by atoms with Crippen molar-refractivity contribution in [3.8, 4) is 0 Å². The maximum Gasteiger partial charge on any atom is 0.0815 e. The third-order valence-electron chi connectivity index (χ3n) is 4.87. The van der Waals surface area contributed by atoms with Crippen LogP contribution in [-0.2, 0) is 11.3 Å². The van der Waals surface area contributed by atoms with E-state index in [2.05, 4.69) is 45.1 Å². The number of rotatable bonds is 4. The minimum atomic E-state index is 0.338. The van der Waals surface area contributed by atoms with Crippen LogP contribution in [0.3, 0.4) is 0 Å². The lowest BCUT2D eigenvalue weighted by Gasteiger charge is -2.28. The standard InChI is InChI=1S/C19H24N4O/c1-2-5-17(6-3-1)23-8-4-7-19(23)18-14-20-13-16(21-18)15-22-9-11-24-12-10-22/h1-3,5-6,13-14,19H,4,7-12,15H2. The van der Waals surface area contributed by atoms with Crippen LogP contribution < -0.4 is 4.90 Å². The lowest BCUT2D eigenvalue weighted by Crippen LogP contribution is -2.36. The van der Waals surface area contributed by atoms with E-state index in [9.17, 15) is 0 Å². The fraction of sp³-hybridized carbons (Fsp3) is 0.474. The van der Waals surface area contributed by atoms with Crippen molar-refractivity contribution >= 4 is 5.69 Å². The van der Waals surface area contributed by atoms with Gasteiger partial charge in [0.2, 0.25) is 0 Å². The third-order valence-corrected chi connectivity index (χ3v) is 4.87. The van der Waals surface area contributed by atoms with Gasteiger partial charge < -0.3 is 9.64 Å². The zero-order valence-corrected chi connectivity index (χ0v) is 14.0. The Balaban J connectivity index is 1.52. The maximum absolute atomic E-state index is 5.42. The summed E-state index contributed by atoms with van der Waals surface area (Å²) in [6, 6.07) is 11.0. The molecule has 2 aromatic rings. The number of morpholine rings is 1. The molecule has 0 aliphatic carbocycles. The number of hydrogen-bond donors (Lipinski definition) is 0. The van der Waals surface area contributed by atoms with Crippen LogP contribution in [0.25, 0.3) is 0 Å². The topological polar surface area (TPSA) is 41.5 Å². The highest BCUT2D eigenvalue weighted by Gasteiger charge is 2.27. The summed E-state index contributed by atoms with van der Waals surface area (Å²) in [5.41, 5.74) is 3.44. The van der Waals surface area contributed by atoms with E-state index < -0.39 is 0 Å². The molecule has 4 rings (SSSR count). The van der Waals surface area contributed by atoms with E-state index >= 15 is 0 Å². The van der Waals surface area contributed by atoms with Gasteiger partial charge in [0.1, 0.15) is 0 Å². The molecule has 1 atom stereocenters. The van der Waals surface area contributed by atoms with Crippen LogP contribution in [0, 0.1) is 0 Å². The van der Waals surface area contributed by atoms with Crippen LogP contribution >= 0.6 is 0 Å². The molecule has 2 aliphatic heterocycles. The Kier molecular flexibility index (Phi) is 4.71. The average molecular weight is 324 g/mol. The number of aromatic nitrogens is 2. The summed E-state index contributed by atoms with van der Waals surface area (Å²) in [5, 5.41) is 0. The van der Waals surface area contributed by atoms with Gasteiger partial charge in [-0.1, -0.05) is 18.2 Å². The van der Waals surface area contributed by atoms with Gasteiger partial charge in [-0.3, -0.25) is 14.9 Å². The van der Waals surface area contributed by atoms with Gasteiger partial charge >= 0.3 is 0 Å². The van der Waals surface area contributed by atoms with Crippen LogP contribution in [0.4, 0.5) is 5.69 Å². The minimum Gasteiger partial charge on any atom is -0.379 e. The van der Waals surface area contributed by atoms with E-state index in [0.717, 1.165) is 57.2 Å². The predicted octanol–water partition coefficient (Wildman–Crippen LogP) is 2.65. The maximum atomic E-state index is 5.42. The van der Waals surface area contributed by atoms with Crippen molar-refractivity contribution < 1.29 is 4.74 Å². The summed E-state index contributed by atoms with van der Waals surface area (Å²) in [6.07, 6.45) is 6.19. The molecule has 0 saturated carbocycles. The average Bonchev–Trinajstić information content (AvgIpc) is 3.13. The van der Waals surface area contributed by atoms with Crippen molar-refractivity contribution in [2.45, 2.75) is 25.4 Å². The van der Waals surface area contributed by atoms with E-state index in [1.807, 2.05) is 12.4 Å². The smallest absolute Gasteiger partial charge is 0.0815 e. The van der Waals surface area contributed by atoms with Gasteiger partial charge in [-0.15, -0.1) is 0 Å². The summed E-state index contributed by atoms with van der Waals surface area (Å²) in [5.74, 6) is 0. The first-order valence-corrected chi connectivity index (χ1v) is 8.83. The van der Waals surface area contributed by atoms with E-state index in [1.165, 1.54) is 12.1 Å². The van der Waals surface area contributed by atoms with Crippen molar-refractivity contribution in [2.75, 3.05) is 37.7 Å². The summed E-state index contributed by atoms with van der Waals surface area (Å²) < 4.78 is 5.42. The van der Waals surface area contributed by atoms with E-state index in [4.69, 9.17) is 9.72 Å². The minimum absolute atomic E-state index is 0.338. The van der Waals surface area contributed by atoms with Gasteiger partial charge in [0.05, 0.1) is 36.8 Å². The second-order valence-electron chi connectivity index (χ2n) is 6.51. The Morgan fingerprint density at radius 2 is 1.88 bits per heavy atom. The van der Waals surface area contributed by atoms with Crippen molar-refractivity contribution in [3.05, 3.63) is 54.1 Å². The molecule has 2 aliphatic rings. The second-order valence-corrected chi connectivity index (χ2v) is 6.51. The van der Waals surface area contributed by atoms with Crippen LogP contribution in [0.15, 0.2) is 42.7 Å². The molecular weight excluding hydrogens is 300 g/mol. The number of benzene rings is 1. The molecule has 1 aromatic carbocycles. The highest BCUT2D eigenvalue weighted by atomic mass is 16.5. The monoisotopic (exact) mass is 324 g/mol. The van der Waals surface area contributed by atoms with Crippen molar-refractivity contribution in [3.63, 3.8) is 0 Å². The molecule has 0 amide bonds. The summed E-state index contributed by atoms with van der Waals surface area (Å²) >= 11 is 0. The van der Waals surface area contributed by atoms with Gasteiger partial charge in [0.25, 0.3) is 0 Å². The number of hydrogen-bond acceptors (Lipinski definition) is 5. The Bertz CT molecular complexity index is 657. The molecule has 24 heavy (non-hydrogen) atoms. The predicted molar refractivity (Wildman–Crippen MR) is 93.9 cm³/mol. The molecule has 5 heteroatoms. The van der Waals surface area contributed by atoms with Gasteiger partial charge in [0, 0.05) is 38.1 Å². The molecule has 0 radical (unpaired) electrons. The highest BCUT2D eigenvalue weighted by molar-refractivity contribution is 5.49. The molecular formula is C19H24N4O.